The minimum absolute atomic E-state index is 0.0573. The largest absolute Gasteiger partial charge is 0.395 e. The van der Waals surface area contributed by atoms with Crippen LogP contribution in [0.3, 0.4) is 0 Å². The molecule has 17 heavy (non-hydrogen) atoms. The minimum Gasteiger partial charge on any atom is -0.395 e. The minimum atomic E-state index is -0.569. The summed E-state index contributed by atoms with van der Waals surface area (Å²) >= 11 is 7.73. The summed E-state index contributed by atoms with van der Waals surface area (Å²) in [6.45, 7) is -0.115. The Morgan fingerprint density at radius 2 is 2.00 bits per heavy atom. The van der Waals surface area contributed by atoms with E-state index in [2.05, 4.69) is 6.26 Å². The van der Waals surface area contributed by atoms with E-state index in [1.165, 1.54) is 0 Å². The van der Waals surface area contributed by atoms with Gasteiger partial charge in [-0.2, -0.15) is 11.8 Å². The lowest BCUT2D eigenvalue weighted by Gasteiger charge is -2.30. The molecule has 0 unspecified atom stereocenters. The Morgan fingerprint density at radius 1 is 1.29 bits per heavy atom. The van der Waals surface area contributed by atoms with Crippen LogP contribution in [0.25, 0.3) is 0 Å². The van der Waals surface area contributed by atoms with E-state index in [0.29, 0.717) is 5.02 Å². The van der Waals surface area contributed by atoms with Crippen molar-refractivity contribution in [2.45, 2.75) is 18.3 Å². The van der Waals surface area contributed by atoms with Crippen LogP contribution in [0.4, 0.5) is 0 Å². The molecule has 0 saturated carbocycles. The van der Waals surface area contributed by atoms with Crippen molar-refractivity contribution in [3.05, 3.63) is 34.9 Å². The van der Waals surface area contributed by atoms with Crippen molar-refractivity contribution in [3.63, 3.8) is 0 Å². The summed E-state index contributed by atoms with van der Waals surface area (Å²) in [6, 6.07) is 7.39. The normalized spacial score (nSPS) is 11.8. The zero-order valence-corrected chi connectivity index (χ0v) is 11.6. The third kappa shape index (κ3) is 3.88. The molecule has 0 spiro atoms. The zero-order chi connectivity index (χ0) is 12.7. The van der Waals surface area contributed by atoms with Crippen molar-refractivity contribution < 1.29 is 10.2 Å². The number of rotatable bonds is 7. The van der Waals surface area contributed by atoms with E-state index in [4.69, 9.17) is 11.6 Å². The van der Waals surface area contributed by atoms with Crippen LogP contribution >= 0.6 is 23.4 Å². The average Bonchev–Trinajstić information content (AvgIpc) is 2.35. The molecule has 2 N–H and O–H groups in total. The number of halogens is 1. The van der Waals surface area contributed by atoms with Gasteiger partial charge in [0.1, 0.15) is 0 Å². The Balaban J connectivity index is 2.89. The fraction of sp³-hybridized carbons (Fsp3) is 0.538. The van der Waals surface area contributed by atoms with Gasteiger partial charge in [-0.3, -0.25) is 0 Å². The molecule has 1 aromatic carbocycles. The predicted octanol–water partition coefficient (Wildman–Crippen LogP) is 2.71. The van der Waals surface area contributed by atoms with Gasteiger partial charge in [0.15, 0.2) is 0 Å². The molecule has 4 heteroatoms. The lowest BCUT2D eigenvalue weighted by Crippen LogP contribution is -2.35. The third-order valence-electron chi connectivity index (χ3n) is 3.05. The van der Waals surface area contributed by atoms with E-state index in [1.807, 2.05) is 18.2 Å². The van der Waals surface area contributed by atoms with Crippen LogP contribution in [-0.4, -0.2) is 35.4 Å². The molecule has 0 saturated heterocycles. The molecule has 0 fully saturated rings. The Labute approximate surface area is 112 Å². The number of hydrogen-bond donors (Lipinski definition) is 2. The van der Waals surface area contributed by atoms with E-state index in [0.717, 1.165) is 24.2 Å². The molecule has 1 aromatic rings. The van der Waals surface area contributed by atoms with E-state index < -0.39 is 5.41 Å². The Bertz CT molecular complexity index is 340. The van der Waals surface area contributed by atoms with E-state index in [9.17, 15) is 10.2 Å². The van der Waals surface area contributed by atoms with Gasteiger partial charge in [-0.25, -0.2) is 0 Å². The molecule has 0 aromatic heterocycles. The average molecular weight is 275 g/mol. The first kappa shape index (κ1) is 14.8. The second-order valence-corrected chi connectivity index (χ2v) is 5.63. The maximum atomic E-state index is 9.61. The molecule has 0 aliphatic carbocycles. The molecule has 0 amide bonds. The Hall–Kier alpha value is -0.220. The summed E-state index contributed by atoms with van der Waals surface area (Å²) in [6.07, 6.45) is 3.79. The SMILES string of the molecule is CSCCCC(CO)(CO)c1cccc(Cl)c1. The Kier molecular flexibility index (Phi) is 6.34. The molecular weight excluding hydrogens is 256 g/mol. The van der Waals surface area contributed by atoms with Crippen molar-refractivity contribution in [2.75, 3.05) is 25.2 Å². The molecule has 96 valence electrons. The predicted molar refractivity (Wildman–Crippen MR) is 74.9 cm³/mol. The second-order valence-electron chi connectivity index (χ2n) is 4.20. The fourth-order valence-corrected chi connectivity index (χ4v) is 2.53. The van der Waals surface area contributed by atoms with Crippen LogP contribution in [0.5, 0.6) is 0 Å². The summed E-state index contributed by atoms with van der Waals surface area (Å²) in [5.41, 5.74) is 0.344. The second kappa shape index (κ2) is 7.27. The topological polar surface area (TPSA) is 40.5 Å². The Morgan fingerprint density at radius 3 is 2.53 bits per heavy atom. The van der Waals surface area contributed by atoms with E-state index in [1.54, 1.807) is 17.8 Å². The van der Waals surface area contributed by atoms with Gasteiger partial charge in [-0.1, -0.05) is 23.7 Å². The summed E-state index contributed by atoms with van der Waals surface area (Å²) in [7, 11) is 0. The van der Waals surface area contributed by atoms with Crippen LogP contribution < -0.4 is 0 Å². The van der Waals surface area contributed by atoms with Gasteiger partial charge in [-0.15, -0.1) is 0 Å². The van der Waals surface area contributed by atoms with Crippen LogP contribution in [0.1, 0.15) is 18.4 Å². The first-order valence-corrected chi connectivity index (χ1v) is 7.42. The smallest absolute Gasteiger partial charge is 0.0550 e. The first-order chi connectivity index (χ1) is 8.18. The van der Waals surface area contributed by atoms with Gasteiger partial charge in [-0.05, 0) is 42.5 Å². The number of aliphatic hydroxyl groups excluding tert-OH is 2. The quantitative estimate of drug-likeness (QED) is 0.751. The van der Waals surface area contributed by atoms with E-state index >= 15 is 0 Å². The summed E-state index contributed by atoms with van der Waals surface area (Å²) in [5.74, 6) is 1.03. The van der Waals surface area contributed by atoms with E-state index in [-0.39, 0.29) is 13.2 Å². The third-order valence-corrected chi connectivity index (χ3v) is 3.98. The van der Waals surface area contributed by atoms with Gasteiger partial charge < -0.3 is 10.2 Å². The highest BCUT2D eigenvalue weighted by molar-refractivity contribution is 7.98. The molecular formula is C13H19ClO2S. The molecule has 0 aliphatic rings. The monoisotopic (exact) mass is 274 g/mol. The maximum Gasteiger partial charge on any atom is 0.0550 e. The lowest BCUT2D eigenvalue weighted by atomic mass is 9.78. The standard InChI is InChI=1S/C13H19ClO2S/c1-17-7-3-6-13(9-15,10-16)11-4-2-5-12(14)8-11/h2,4-5,8,15-16H,3,6-7,9-10H2,1H3. The molecule has 1 rings (SSSR count). The fourth-order valence-electron chi connectivity index (χ4n) is 1.91. The molecule has 0 atom stereocenters. The molecule has 0 bridgehead atoms. The first-order valence-electron chi connectivity index (χ1n) is 5.65. The van der Waals surface area contributed by atoms with Gasteiger partial charge in [0.05, 0.1) is 13.2 Å². The van der Waals surface area contributed by atoms with Crippen LogP contribution in [0.15, 0.2) is 24.3 Å². The lowest BCUT2D eigenvalue weighted by molar-refractivity contribution is 0.109. The zero-order valence-electron chi connectivity index (χ0n) is 10.0. The highest BCUT2D eigenvalue weighted by Gasteiger charge is 2.30. The number of hydrogen-bond acceptors (Lipinski definition) is 3. The highest BCUT2D eigenvalue weighted by Crippen LogP contribution is 2.30. The van der Waals surface area contributed by atoms with Gasteiger partial charge in [0.2, 0.25) is 0 Å². The summed E-state index contributed by atoms with van der Waals surface area (Å²) < 4.78 is 0. The van der Waals surface area contributed by atoms with Crippen molar-refractivity contribution >= 4 is 23.4 Å². The number of thioether (sulfide) groups is 1. The molecule has 0 radical (unpaired) electrons. The molecule has 2 nitrogen and oxygen atoms in total. The van der Waals surface area contributed by atoms with Crippen molar-refractivity contribution in [3.8, 4) is 0 Å². The maximum absolute atomic E-state index is 9.61. The number of aliphatic hydroxyl groups is 2. The van der Waals surface area contributed by atoms with Gasteiger partial charge in [0, 0.05) is 10.4 Å². The van der Waals surface area contributed by atoms with Crippen LogP contribution in [0, 0.1) is 0 Å². The van der Waals surface area contributed by atoms with Crippen LogP contribution in [-0.2, 0) is 5.41 Å². The van der Waals surface area contributed by atoms with Gasteiger partial charge >= 0.3 is 0 Å². The molecule has 0 heterocycles. The van der Waals surface area contributed by atoms with Crippen molar-refractivity contribution in [1.29, 1.82) is 0 Å². The molecule has 0 aliphatic heterocycles. The van der Waals surface area contributed by atoms with Crippen LogP contribution in [0.2, 0.25) is 5.02 Å². The highest BCUT2D eigenvalue weighted by atomic mass is 35.5. The van der Waals surface area contributed by atoms with Gasteiger partial charge in [0.25, 0.3) is 0 Å². The summed E-state index contributed by atoms with van der Waals surface area (Å²) in [5, 5.41) is 19.9. The summed E-state index contributed by atoms with van der Waals surface area (Å²) in [4.78, 5) is 0. The number of benzene rings is 1. The van der Waals surface area contributed by atoms with Crippen molar-refractivity contribution in [1.82, 2.24) is 0 Å². The van der Waals surface area contributed by atoms with Crippen molar-refractivity contribution in [2.24, 2.45) is 0 Å².